The molecule has 2 rings (SSSR count). The maximum Gasteiger partial charge on any atom is 0.0613 e. The zero-order chi connectivity index (χ0) is 13.7. The lowest BCUT2D eigenvalue weighted by Gasteiger charge is -2.02. The number of benzene rings is 2. The van der Waals surface area contributed by atoms with Gasteiger partial charge in [-0.2, -0.15) is 5.10 Å². The Morgan fingerprint density at radius 2 is 1.79 bits per heavy atom. The van der Waals surface area contributed by atoms with Crippen LogP contribution in [0.3, 0.4) is 0 Å². The molecule has 0 bridgehead atoms. The topological polar surface area (TPSA) is 24.4 Å². The van der Waals surface area contributed by atoms with E-state index in [9.17, 15) is 0 Å². The van der Waals surface area contributed by atoms with Gasteiger partial charge in [0.25, 0.3) is 0 Å². The number of nitrogens with zero attached hydrogens (tertiary/aromatic N) is 1. The molecule has 0 aliphatic carbocycles. The van der Waals surface area contributed by atoms with Crippen molar-refractivity contribution in [1.29, 1.82) is 0 Å². The molecule has 0 unspecified atom stereocenters. The van der Waals surface area contributed by atoms with Gasteiger partial charge in [0.1, 0.15) is 0 Å². The van der Waals surface area contributed by atoms with Gasteiger partial charge in [-0.3, -0.25) is 5.43 Å². The molecule has 1 N–H and O–H groups in total. The second-order valence-corrected chi connectivity index (χ2v) is 4.91. The van der Waals surface area contributed by atoms with Gasteiger partial charge in [-0.1, -0.05) is 54.4 Å². The van der Waals surface area contributed by atoms with E-state index < -0.39 is 0 Å². The summed E-state index contributed by atoms with van der Waals surface area (Å²) in [6, 6.07) is 13.6. The van der Waals surface area contributed by atoms with Gasteiger partial charge in [0, 0.05) is 0 Å². The first-order valence-electron chi connectivity index (χ1n) is 6.02. The van der Waals surface area contributed by atoms with Crippen LogP contribution in [-0.2, 0) is 6.42 Å². The van der Waals surface area contributed by atoms with Gasteiger partial charge in [0.15, 0.2) is 0 Å². The zero-order valence-corrected chi connectivity index (χ0v) is 12.0. The molecule has 19 heavy (non-hydrogen) atoms. The van der Waals surface area contributed by atoms with E-state index in [0.29, 0.717) is 10.0 Å². The van der Waals surface area contributed by atoms with Gasteiger partial charge in [-0.15, -0.1) is 0 Å². The molecule has 4 heteroatoms. The lowest BCUT2D eigenvalue weighted by atomic mass is 10.1. The molecular formula is C15H14Cl2N2. The third-order valence-electron chi connectivity index (χ3n) is 2.71. The van der Waals surface area contributed by atoms with Crippen LogP contribution >= 0.6 is 23.2 Å². The first-order valence-corrected chi connectivity index (χ1v) is 6.77. The van der Waals surface area contributed by atoms with Gasteiger partial charge in [-0.25, -0.2) is 0 Å². The van der Waals surface area contributed by atoms with E-state index >= 15 is 0 Å². The van der Waals surface area contributed by atoms with E-state index in [1.165, 1.54) is 5.56 Å². The normalized spacial score (nSPS) is 10.9. The Morgan fingerprint density at radius 1 is 1.05 bits per heavy atom. The molecule has 0 saturated heterocycles. The predicted octanol–water partition coefficient (Wildman–Crippen LogP) is 5.00. The van der Waals surface area contributed by atoms with Crippen LogP contribution in [0.2, 0.25) is 10.0 Å². The Hall–Kier alpha value is -1.51. The standard InChI is InChI=1S/C15H14Cl2N2/c1-2-11-3-5-12(6-4-11)10-18-19-13-7-8-14(16)15(17)9-13/h3-10,19H,2H2,1H3. The van der Waals surface area contributed by atoms with Crippen LogP contribution in [0.1, 0.15) is 18.1 Å². The minimum absolute atomic E-state index is 0.508. The lowest BCUT2D eigenvalue weighted by Crippen LogP contribution is -1.91. The summed E-state index contributed by atoms with van der Waals surface area (Å²) >= 11 is 11.8. The maximum atomic E-state index is 5.92. The Kier molecular flexibility index (Phi) is 4.83. The molecule has 0 aliphatic rings. The van der Waals surface area contributed by atoms with E-state index in [1.807, 2.05) is 18.2 Å². The van der Waals surface area contributed by atoms with Crippen molar-refractivity contribution in [3.63, 3.8) is 0 Å². The third kappa shape index (κ3) is 3.98. The summed E-state index contributed by atoms with van der Waals surface area (Å²) in [4.78, 5) is 0. The highest BCUT2D eigenvalue weighted by molar-refractivity contribution is 6.42. The highest BCUT2D eigenvalue weighted by Crippen LogP contribution is 2.24. The smallest absolute Gasteiger partial charge is 0.0613 e. The molecule has 0 heterocycles. The van der Waals surface area contributed by atoms with Gasteiger partial charge < -0.3 is 0 Å². The van der Waals surface area contributed by atoms with Crippen molar-refractivity contribution in [3.8, 4) is 0 Å². The fraction of sp³-hybridized carbons (Fsp3) is 0.133. The van der Waals surface area contributed by atoms with Crippen LogP contribution < -0.4 is 5.43 Å². The Labute approximate surface area is 123 Å². The number of halogens is 2. The summed E-state index contributed by atoms with van der Waals surface area (Å²) in [6.07, 6.45) is 2.81. The molecule has 2 aromatic rings. The first-order chi connectivity index (χ1) is 9.19. The molecule has 98 valence electrons. The number of hydrogen-bond acceptors (Lipinski definition) is 2. The minimum Gasteiger partial charge on any atom is -0.278 e. The van der Waals surface area contributed by atoms with Gasteiger partial charge in [0.2, 0.25) is 0 Å². The minimum atomic E-state index is 0.508. The molecular weight excluding hydrogens is 279 g/mol. The van der Waals surface area contributed by atoms with Crippen LogP contribution in [-0.4, -0.2) is 6.21 Å². The number of aryl methyl sites for hydroxylation is 1. The monoisotopic (exact) mass is 292 g/mol. The average molecular weight is 293 g/mol. The van der Waals surface area contributed by atoms with E-state index in [2.05, 4.69) is 29.6 Å². The van der Waals surface area contributed by atoms with E-state index in [1.54, 1.807) is 18.3 Å². The zero-order valence-electron chi connectivity index (χ0n) is 10.5. The third-order valence-corrected chi connectivity index (χ3v) is 3.45. The maximum absolute atomic E-state index is 5.92. The van der Waals surface area contributed by atoms with Crippen molar-refractivity contribution in [2.75, 3.05) is 5.43 Å². The molecule has 0 aliphatic heterocycles. The SMILES string of the molecule is CCc1ccc(C=NNc2ccc(Cl)c(Cl)c2)cc1. The molecule has 0 aromatic heterocycles. The molecule has 0 spiro atoms. The second kappa shape index (κ2) is 6.60. The summed E-state index contributed by atoms with van der Waals surface area (Å²) in [5.74, 6) is 0. The molecule has 0 saturated carbocycles. The molecule has 0 atom stereocenters. The number of nitrogens with one attached hydrogen (secondary N) is 1. The largest absolute Gasteiger partial charge is 0.278 e. The quantitative estimate of drug-likeness (QED) is 0.622. The second-order valence-electron chi connectivity index (χ2n) is 4.09. The van der Waals surface area contributed by atoms with Crippen LogP contribution in [0.25, 0.3) is 0 Å². The molecule has 2 aromatic carbocycles. The van der Waals surface area contributed by atoms with E-state index in [-0.39, 0.29) is 0 Å². The number of anilines is 1. The first kappa shape index (κ1) is 13.9. The summed E-state index contributed by atoms with van der Waals surface area (Å²) < 4.78 is 0. The number of rotatable bonds is 4. The fourth-order valence-electron chi connectivity index (χ4n) is 1.59. The highest BCUT2D eigenvalue weighted by Gasteiger charge is 1.97. The fourth-order valence-corrected chi connectivity index (χ4v) is 1.88. The van der Waals surface area contributed by atoms with Crippen LogP contribution in [0.5, 0.6) is 0 Å². The van der Waals surface area contributed by atoms with E-state index in [0.717, 1.165) is 17.7 Å². The van der Waals surface area contributed by atoms with Gasteiger partial charge in [0.05, 0.1) is 21.9 Å². The van der Waals surface area contributed by atoms with Crippen molar-refractivity contribution in [1.82, 2.24) is 0 Å². The van der Waals surface area contributed by atoms with Crippen LogP contribution in [0.4, 0.5) is 5.69 Å². The summed E-state index contributed by atoms with van der Waals surface area (Å²) in [5.41, 5.74) is 6.08. The summed E-state index contributed by atoms with van der Waals surface area (Å²) in [7, 11) is 0. The Morgan fingerprint density at radius 3 is 2.42 bits per heavy atom. The van der Waals surface area contributed by atoms with Gasteiger partial charge in [-0.05, 0) is 35.7 Å². The van der Waals surface area contributed by atoms with Crippen molar-refractivity contribution < 1.29 is 0 Å². The molecule has 2 nitrogen and oxygen atoms in total. The number of hydrogen-bond donors (Lipinski definition) is 1. The van der Waals surface area contributed by atoms with Crippen molar-refractivity contribution in [2.45, 2.75) is 13.3 Å². The Balaban J connectivity index is 2.00. The molecule has 0 radical (unpaired) electrons. The van der Waals surface area contributed by atoms with Crippen molar-refractivity contribution in [3.05, 3.63) is 63.6 Å². The summed E-state index contributed by atoms with van der Waals surface area (Å²) in [5, 5.41) is 5.20. The lowest BCUT2D eigenvalue weighted by molar-refractivity contribution is 1.14. The van der Waals surface area contributed by atoms with Crippen molar-refractivity contribution in [2.24, 2.45) is 5.10 Å². The van der Waals surface area contributed by atoms with Crippen LogP contribution in [0, 0.1) is 0 Å². The van der Waals surface area contributed by atoms with Crippen molar-refractivity contribution >= 4 is 35.1 Å². The number of hydrazone groups is 1. The highest BCUT2D eigenvalue weighted by atomic mass is 35.5. The average Bonchev–Trinajstić information content (AvgIpc) is 2.43. The van der Waals surface area contributed by atoms with E-state index in [4.69, 9.17) is 23.2 Å². The molecule has 0 amide bonds. The van der Waals surface area contributed by atoms with Crippen LogP contribution in [0.15, 0.2) is 47.6 Å². The summed E-state index contributed by atoms with van der Waals surface area (Å²) in [6.45, 7) is 2.13. The Bertz CT molecular complexity index is 577. The van der Waals surface area contributed by atoms with Gasteiger partial charge >= 0.3 is 0 Å². The predicted molar refractivity (Wildman–Crippen MR) is 83.5 cm³/mol. The molecule has 0 fully saturated rings.